The third kappa shape index (κ3) is 5.53. The molecule has 2 fully saturated rings. The van der Waals surface area contributed by atoms with E-state index >= 15 is 0 Å². The number of hydrogen-bond donors (Lipinski definition) is 1. The van der Waals surface area contributed by atoms with Crippen LogP contribution in [0.3, 0.4) is 0 Å². The highest BCUT2D eigenvalue weighted by Crippen LogP contribution is 2.38. The molecule has 0 aliphatic heterocycles. The van der Waals surface area contributed by atoms with E-state index in [2.05, 4.69) is 10.2 Å². The van der Waals surface area contributed by atoms with E-state index < -0.39 is 0 Å². The van der Waals surface area contributed by atoms with Gasteiger partial charge >= 0.3 is 0 Å². The van der Waals surface area contributed by atoms with E-state index in [1.807, 2.05) is 12.1 Å². The maximum Gasteiger partial charge on any atom is 0.234 e. The smallest absolute Gasteiger partial charge is 0.234 e. The molecule has 0 radical (unpaired) electrons. The van der Waals surface area contributed by atoms with Gasteiger partial charge in [-0.05, 0) is 49.3 Å². The lowest BCUT2D eigenvalue weighted by atomic mass is 9.89. The quantitative estimate of drug-likeness (QED) is 0.664. The Morgan fingerprint density at radius 3 is 2.18 bits per heavy atom. The van der Waals surface area contributed by atoms with Crippen LogP contribution in [0.15, 0.2) is 12.1 Å². The summed E-state index contributed by atoms with van der Waals surface area (Å²) in [6.45, 7) is 2.01. The van der Waals surface area contributed by atoms with Gasteiger partial charge in [0, 0.05) is 19.1 Å². The molecule has 0 atom stereocenters. The normalized spacial score (nSPS) is 17.4. The molecule has 28 heavy (non-hydrogen) atoms. The number of benzene rings is 1. The van der Waals surface area contributed by atoms with Gasteiger partial charge in [0.1, 0.15) is 0 Å². The highest BCUT2D eigenvalue weighted by molar-refractivity contribution is 5.78. The number of carbonyl (C=O) groups excluding carboxylic acids is 1. The van der Waals surface area contributed by atoms with Crippen LogP contribution in [0.2, 0.25) is 0 Å². The molecule has 2 saturated carbocycles. The van der Waals surface area contributed by atoms with Crippen molar-refractivity contribution in [2.75, 3.05) is 34.4 Å². The highest BCUT2D eigenvalue weighted by atomic mass is 16.5. The number of rotatable bonds is 10. The summed E-state index contributed by atoms with van der Waals surface area (Å²) in [5, 5.41) is 3.06. The van der Waals surface area contributed by atoms with Crippen LogP contribution in [0, 0.1) is 5.92 Å². The lowest BCUT2D eigenvalue weighted by Gasteiger charge is -2.29. The van der Waals surface area contributed by atoms with Gasteiger partial charge in [0.25, 0.3) is 0 Å². The first kappa shape index (κ1) is 20.8. The molecule has 156 valence electrons. The van der Waals surface area contributed by atoms with E-state index in [4.69, 9.17) is 14.2 Å². The van der Waals surface area contributed by atoms with Crippen LogP contribution in [0.5, 0.6) is 17.2 Å². The maximum absolute atomic E-state index is 12.6. The summed E-state index contributed by atoms with van der Waals surface area (Å²) in [6, 6.07) is 4.36. The summed E-state index contributed by atoms with van der Waals surface area (Å²) in [5.74, 6) is 2.60. The predicted molar refractivity (Wildman–Crippen MR) is 109 cm³/mol. The van der Waals surface area contributed by atoms with Gasteiger partial charge in [-0.1, -0.05) is 19.3 Å². The Hall–Kier alpha value is -1.95. The van der Waals surface area contributed by atoms with Crippen molar-refractivity contribution < 1.29 is 19.0 Å². The standard InChI is InChI=1S/C22H34N2O4/c1-26-19-11-17(12-20(27-2)22(19)28-3)13-23-21(25)15-24(18-9-10-18)14-16-7-5-4-6-8-16/h11-12,16,18H,4-10,13-15H2,1-3H3,(H,23,25). The zero-order valence-electron chi connectivity index (χ0n) is 17.5. The van der Waals surface area contributed by atoms with Gasteiger partial charge in [-0.2, -0.15) is 0 Å². The van der Waals surface area contributed by atoms with Crippen molar-refractivity contribution in [3.8, 4) is 17.2 Å². The van der Waals surface area contributed by atoms with E-state index in [0.29, 0.717) is 36.4 Å². The molecule has 6 heteroatoms. The minimum Gasteiger partial charge on any atom is -0.493 e. The molecule has 1 aromatic rings. The summed E-state index contributed by atoms with van der Waals surface area (Å²) in [5.41, 5.74) is 0.924. The molecular formula is C22H34N2O4. The van der Waals surface area contributed by atoms with Gasteiger partial charge in [-0.3, -0.25) is 9.69 Å². The zero-order valence-corrected chi connectivity index (χ0v) is 17.5. The largest absolute Gasteiger partial charge is 0.493 e. The van der Waals surface area contributed by atoms with Gasteiger partial charge in [-0.25, -0.2) is 0 Å². The molecule has 1 aromatic carbocycles. The van der Waals surface area contributed by atoms with Crippen molar-refractivity contribution in [2.45, 2.75) is 57.5 Å². The number of ether oxygens (including phenoxy) is 3. The first-order valence-electron chi connectivity index (χ1n) is 10.4. The second-order valence-electron chi connectivity index (χ2n) is 7.97. The summed E-state index contributed by atoms with van der Waals surface area (Å²) in [6.07, 6.45) is 9.15. The molecule has 2 aliphatic carbocycles. The van der Waals surface area contributed by atoms with E-state index in [1.54, 1.807) is 21.3 Å². The fourth-order valence-electron chi connectivity index (χ4n) is 4.16. The molecule has 1 amide bonds. The summed E-state index contributed by atoms with van der Waals surface area (Å²) in [4.78, 5) is 15.0. The molecule has 0 bridgehead atoms. The van der Waals surface area contributed by atoms with Gasteiger partial charge in [0.05, 0.1) is 27.9 Å². The van der Waals surface area contributed by atoms with Crippen molar-refractivity contribution in [2.24, 2.45) is 5.92 Å². The lowest BCUT2D eigenvalue weighted by molar-refractivity contribution is -0.122. The molecule has 1 N–H and O–H groups in total. The van der Waals surface area contributed by atoms with Crippen molar-refractivity contribution in [1.82, 2.24) is 10.2 Å². The van der Waals surface area contributed by atoms with Gasteiger partial charge in [-0.15, -0.1) is 0 Å². The monoisotopic (exact) mass is 390 g/mol. The number of nitrogens with zero attached hydrogens (tertiary/aromatic N) is 1. The average Bonchev–Trinajstić information content (AvgIpc) is 3.57. The molecule has 6 nitrogen and oxygen atoms in total. The maximum atomic E-state index is 12.6. The van der Waals surface area contributed by atoms with E-state index in [1.165, 1.54) is 44.9 Å². The summed E-state index contributed by atoms with van der Waals surface area (Å²) in [7, 11) is 4.78. The third-order valence-corrected chi connectivity index (χ3v) is 5.84. The highest BCUT2D eigenvalue weighted by Gasteiger charge is 2.32. The van der Waals surface area contributed by atoms with Gasteiger partial charge in [0.15, 0.2) is 11.5 Å². The Morgan fingerprint density at radius 1 is 1.00 bits per heavy atom. The predicted octanol–water partition coefficient (Wildman–Crippen LogP) is 3.37. The lowest BCUT2D eigenvalue weighted by Crippen LogP contribution is -2.41. The fraction of sp³-hybridized carbons (Fsp3) is 0.682. The van der Waals surface area contributed by atoms with E-state index in [0.717, 1.165) is 18.0 Å². The van der Waals surface area contributed by atoms with Crippen molar-refractivity contribution in [1.29, 1.82) is 0 Å². The Balaban J connectivity index is 1.55. The molecule has 0 spiro atoms. The van der Waals surface area contributed by atoms with Crippen LogP contribution in [0.1, 0.15) is 50.5 Å². The molecule has 0 saturated heterocycles. The topological polar surface area (TPSA) is 60.0 Å². The van der Waals surface area contributed by atoms with Crippen molar-refractivity contribution in [3.05, 3.63) is 17.7 Å². The number of nitrogens with one attached hydrogen (secondary N) is 1. The Labute approximate surface area is 168 Å². The second kappa shape index (κ2) is 10.0. The Morgan fingerprint density at radius 2 is 1.64 bits per heavy atom. The number of amides is 1. The second-order valence-corrected chi connectivity index (χ2v) is 7.97. The van der Waals surface area contributed by atoms with Crippen LogP contribution in [0.25, 0.3) is 0 Å². The molecule has 2 aliphatic rings. The first-order valence-corrected chi connectivity index (χ1v) is 10.4. The van der Waals surface area contributed by atoms with Gasteiger partial charge in [0.2, 0.25) is 11.7 Å². The minimum absolute atomic E-state index is 0.0801. The fourth-order valence-corrected chi connectivity index (χ4v) is 4.16. The van der Waals surface area contributed by atoms with E-state index in [9.17, 15) is 4.79 Å². The van der Waals surface area contributed by atoms with Crippen LogP contribution in [-0.4, -0.2) is 51.3 Å². The van der Waals surface area contributed by atoms with Crippen molar-refractivity contribution in [3.63, 3.8) is 0 Å². The SMILES string of the molecule is COc1cc(CNC(=O)CN(CC2CCCCC2)C2CC2)cc(OC)c1OC. The minimum atomic E-state index is 0.0801. The van der Waals surface area contributed by atoms with Crippen LogP contribution < -0.4 is 19.5 Å². The van der Waals surface area contributed by atoms with Crippen LogP contribution in [-0.2, 0) is 11.3 Å². The third-order valence-electron chi connectivity index (χ3n) is 5.84. The van der Waals surface area contributed by atoms with Crippen LogP contribution in [0.4, 0.5) is 0 Å². The summed E-state index contributed by atoms with van der Waals surface area (Å²) < 4.78 is 16.1. The number of carbonyl (C=O) groups is 1. The Kier molecular flexibility index (Phi) is 7.43. The average molecular weight is 391 g/mol. The molecule has 0 heterocycles. The van der Waals surface area contributed by atoms with Gasteiger partial charge < -0.3 is 19.5 Å². The molecular weight excluding hydrogens is 356 g/mol. The zero-order chi connectivity index (χ0) is 19.9. The summed E-state index contributed by atoms with van der Waals surface area (Å²) >= 11 is 0. The molecule has 3 rings (SSSR count). The Bertz CT molecular complexity index is 629. The number of hydrogen-bond acceptors (Lipinski definition) is 5. The van der Waals surface area contributed by atoms with E-state index in [-0.39, 0.29) is 5.91 Å². The first-order chi connectivity index (χ1) is 13.6. The number of methoxy groups -OCH3 is 3. The van der Waals surface area contributed by atoms with Crippen molar-refractivity contribution >= 4 is 5.91 Å². The molecule has 0 unspecified atom stereocenters. The van der Waals surface area contributed by atoms with Crippen LogP contribution >= 0.6 is 0 Å². The molecule has 0 aromatic heterocycles.